The molecule has 2 aromatic rings. The van der Waals surface area contributed by atoms with E-state index in [0.717, 1.165) is 13.1 Å². The van der Waals surface area contributed by atoms with Gasteiger partial charge in [0.15, 0.2) is 0 Å². The summed E-state index contributed by atoms with van der Waals surface area (Å²) in [6.45, 7) is 4.42. The fraction of sp³-hybridized carbons (Fsp3) is 0.333. The molecule has 1 N–H and O–H groups in total. The Kier molecular flexibility index (Phi) is 6.01. The van der Waals surface area contributed by atoms with Crippen LogP contribution in [0.25, 0.3) is 6.08 Å². The van der Waals surface area contributed by atoms with Crippen LogP contribution >= 0.6 is 0 Å². The predicted octanol–water partition coefficient (Wildman–Crippen LogP) is 3.95. The highest BCUT2D eigenvalue weighted by Gasteiger charge is 2.18. The minimum Gasteiger partial charge on any atom is -0.310 e. The molecule has 1 aliphatic rings. The zero-order valence-electron chi connectivity index (χ0n) is 13.7. The standard InChI is InChI=1S/C21H26N2/c1-3-8-19(9-4-1)12-7-15-22-21-13-16-23(17-14-21)18-20-10-5-2-6-11-20/h1-12,21-22H,13-18H2/b12-7+. The highest BCUT2D eigenvalue weighted by Crippen LogP contribution is 2.13. The lowest BCUT2D eigenvalue weighted by atomic mass is 10.0. The molecule has 1 aliphatic heterocycles. The Balaban J connectivity index is 1.35. The molecule has 2 heteroatoms. The van der Waals surface area contributed by atoms with Crippen LogP contribution in [0.5, 0.6) is 0 Å². The van der Waals surface area contributed by atoms with E-state index >= 15 is 0 Å². The Bertz CT molecular complexity index is 584. The summed E-state index contributed by atoms with van der Waals surface area (Å²) in [7, 11) is 0. The first-order chi connectivity index (χ1) is 11.4. The summed E-state index contributed by atoms with van der Waals surface area (Å²) in [5, 5.41) is 3.66. The van der Waals surface area contributed by atoms with Gasteiger partial charge in [-0.15, -0.1) is 0 Å². The van der Waals surface area contributed by atoms with E-state index < -0.39 is 0 Å². The van der Waals surface area contributed by atoms with Crippen molar-refractivity contribution >= 4 is 6.08 Å². The number of benzene rings is 2. The van der Waals surface area contributed by atoms with Crippen molar-refractivity contribution in [1.29, 1.82) is 0 Å². The molecule has 1 saturated heterocycles. The maximum absolute atomic E-state index is 3.66. The molecule has 0 saturated carbocycles. The van der Waals surface area contributed by atoms with Crippen molar-refractivity contribution in [2.24, 2.45) is 0 Å². The molecule has 120 valence electrons. The van der Waals surface area contributed by atoms with Gasteiger partial charge < -0.3 is 5.32 Å². The quantitative estimate of drug-likeness (QED) is 0.869. The van der Waals surface area contributed by atoms with Crippen LogP contribution in [0.4, 0.5) is 0 Å². The van der Waals surface area contributed by atoms with Gasteiger partial charge in [0.1, 0.15) is 0 Å². The predicted molar refractivity (Wildman–Crippen MR) is 98.2 cm³/mol. The number of nitrogens with zero attached hydrogens (tertiary/aromatic N) is 1. The van der Waals surface area contributed by atoms with E-state index in [4.69, 9.17) is 0 Å². The first-order valence-corrected chi connectivity index (χ1v) is 8.61. The lowest BCUT2D eigenvalue weighted by molar-refractivity contribution is 0.192. The maximum Gasteiger partial charge on any atom is 0.0233 e. The van der Waals surface area contributed by atoms with E-state index in [1.165, 1.54) is 37.1 Å². The second kappa shape index (κ2) is 8.66. The molecular formula is C21H26N2. The third-order valence-corrected chi connectivity index (χ3v) is 4.47. The van der Waals surface area contributed by atoms with Gasteiger partial charge >= 0.3 is 0 Å². The molecule has 0 unspecified atom stereocenters. The molecule has 0 aliphatic carbocycles. The van der Waals surface area contributed by atoms with Gasteiger partial charge in [0.05, 0.1) is 0 Å². The van der Waals surface area contributed by atoms with Crippen LogP contribution in [-0.4, -0.2) is 30.6 Å². The van der Waals surface area contributed by atoms with Crippen molar-refractivity contribution in [3.8, 4) is 0 Å². The van der Waals surface area contributed by atoms with Crippen LogP contribution in [-0.2, 0) is 6.54 Å². The Morgan fingerprint density at radius 2 is 1.57 bits per heavy atom. The summed E-state index contributed by atoms with van der Waals surface area (Å²) < 4.78 is 0. The molecule has 1 heterocycles. The Morgan fingerprint density at radius 3 is 2.26 bits per heavy atom. The molecular weight excluding hydrogens is 280 g/mol. The zero-order chi connectivity index (χ0) is 15.7. The minimum absolute atomic E-state index is 0.655. The van der Waals surface area contributed by atoms with Crippen molar-refractivity contribution < 1.29 is 0 Å². The van der Waals surface area contributed by atoms with Gasteiger partial charge in [-0.25, -0.2) is 0 Å². The average molecular weight is 306 g/mol. The van der Waals surface area contributed by atoms with Crippen LogP contribution in [0.1, 0.15) is 24.0 Å². The maximum atomic E-state index is 3.66. The summed E-state index contributed by atoms with van der Waals surface area (Å²) in [5.74, 6) is 0. The molecule has 0 aromatic heterocycles. The van der Waals surface area contributed by atoms with E-state index in [0.29, 0.717) is 6.04 Å². The smallest absolute Gasteiger partial charge is 0.0233 e. The average Bonchev–Trinajstić information content (AvgIpc) is 2.62. The van der Waals surface area contributed by atoms with Gasteiger partial charge in [-0.2, -0.15) is 0 Å². The number of likely N-dealkylation sites (tertiary alicyclic amines) is 1. The Hall–Kier alpha value is -1.90. The second-order valence-electron chi connectivity index (χ2n) is 6.26. The molecule has 1 fully saturated rings. The Morgan fingerprint density at radius 1 is 0.913 bits per heavy atom. The van der Waals surface area contributed by atoms with Crippen molar-refractivity contribution in [3.63, 3.8) is 0 Å². The number of rotatable bonds is 6. The van der Waals surface area contributed by atoms with Crippen molar-refractivity contribution in [2.75, 3.05) is 19.6 Å². The van der Waals surface area contributed by atoms with Gasteiger partial charge in [-0.1, -0.05) is 72.8 Å². The fourth-order valence-electron chi connectivity index (χ4n) is 3.13. The van der Waals surface area contributed by atoms with Crippen LogP contribution in [0.3, 0.4) is 0 Å². The van der Waals surface area contributed by atoms with Crippen LogP contribution in [0.15, 0.2) is 66.7 Å². The van der Waals surface area contributed by atoms with Gasteiger partial charge in [0.25, 0.3) is 0 Å². The van der Waals surface area contributed by atoms with Gasteiger partial charge in [0.2, 0.25) is 0 Å². The molecule has 0 spiro atoms. The monoisotopic (exact) mass is 306 g/mol. The van der Waals surface area contributed by atoms with Crippen molar-refractivity contribution in [2.45, 2.75) is 25.4 Å². The Labute approximate surface area is 139 Å². The summed E-state index contributed by atoms with van der Waals surface area (Å²) >= 11 is 0. The summed E-state index contributed by atoms with van der Waals surface area (Å²) in [6, 6.07) is 21.9. The van der Waals surface area contributed by atoms with Gasteiger partial charge in [-0.05, 0) is 37.1 Å². The van der Waals surface area contributed by atoms with Crippen LogP contribution in [0.2, 0.25) is 0 Å². The topological polar surface area (TPSA) is 15.3 Å². The summed E-state index contributed by atoms with van der Waals surface area (Å²) in [5.41, 5.74) is 2.69. The number of hydrogen-bond acceptors (Lipinski definition) is 2. The summed E-state index contributed by atoms with van der Waals surface area (Å²) in [4.78, 5) is 2.56. The SMILES string of the molecule is C(=C\c1ccccc1)/CNC1CCN(Cc2ccccc2)CC1. The molecule has 0 bridgehead atoms. The molecule has 3 rings (SSSR count). The van der Waals surface area contributed by atoms with Gasteiger partial charge in [0, 0.05) is 19.1 Å². The molecule has 2 aromatic carbocycles. The summed E-state index contributed by atoms with van der Waals surface area (Å²) in [6.07, 6.45) is 6.90. The van der Waals surface area contributed by atoms with Crippen LogP contribution in [0, 0.1) is 0 Å². The molecule has 2 nitrogen and oxygen atoms in total. The largest absolute Gasteiger partial charge is 0.310 e. The molecule has 23 heavy (non-hydrogen) atoms. The molecule has 0 radical (unpaired) electrons. The first kappa shape index (κ1) is 16.0. The third kappa shape index (κ3) is 5.34. The molecule has 0 amide bonds. The highest BCUT2D eigenvalue weighted by atomic mass is 15.1. The van der Waals surface area contributed by atoms with E-state index in [-0.39, 0.29) is 0 Å². The fourth-order valence-corrected chi connectivity index (χ4v) is 3.13. The van der Waals surface area contributed by atoms with E-state index in [9.17, 15) is 0 Å². The highest BCUT2D eigenvalue weighted by molar-refractivity contribution is 5.48. The first-order valence-electron chi connectivity index (χ1n) is 8.61. The van der Waals surface area contributed by atoms with Gasteiger partial charge in [-0.3, -0.25) is 4.90 Å². The number of hydrogen-bond donors (Lipinski definition) is 1. The van der Waals surface area contributed by atoms with Crippen molar-refractivity contribution in [3.05, 3.63) is 77.9 Å². The van der Waals surface area contributed by atoms with Crippen LogP contribution < -0.4 is 5.32 Å². The lowest BCUT2D eigenvalue weighted by Crippen LogP contribution is -2.42. The normalized spacial score (nSPS) is 16.9. The van der Waals surface area contributed by atoms with E-state index in [1.807, 2.05) is 0 Å². The number of nitrogens with one attached hydrogen (secondary N) is 1. The van der Waals surface area contributed by atoms with E-state index in [2.05, 4.69) is 83.0 Å². The molecule has 0 atom stereocenters. The second-order valence-corrected chi connectivity index (χ2v) is 6.26. The minimum atomic E-state index is 0.655. The lowest BCUT2D eigenvalue weighted by Gasteiger charge is -2.32. The van der Waals surface area contributed by atoms with E-state index in [1.54, 1.807) is 0 Å². The zero-order valence-corrected chi connectivity index (χ0v) is 13.7. The number of piperidine rings is 1. The third-order valence-electron chi connectivity index (χ3n) is 4.47. The van der Waals surface area contributed by atoms with Crippen molar-refractivity contribution in [1.82, 2.24) is 10.2 Å².